The number of nitrogens with two attached hydrogens (primary N) is 1. The van der Waals surface area contributed by atoms with Crippen LogP contribution in [0.4, 0.5) is 17.2 Å². The second-order valence-corrected chi connectivity index (χ2v) is 5.26. The molecule has 2 aromatic heterocycles. The molecule has 0 saturated carbocycles. The summed E-state index contributed by atoms with van der Waals surface area (Å²) >= 11 is 0. The van der Waals surface area contributed by atoms with Gasteiger partial charge in [-0.1, -0.05) is 12.1 Å². The van der Waals surface area contributed by atoms with Crippen LogP contribution in [0.3, 0.4) is 0 Å². The molecule has 25 heavy (non-hydrogen) atoms. The summed E-state index contributed by atoms with van der Waals surface area (Å²) in [5.74, 6) is 0.762. The number of hydrogen-bond donors (Lipinski definition) is 2. The quantitative estimate of drug-likeness (QED) is 0.739. The molecular formula is C19H17N5O. The summed E-state index contributed by atoms with van der Waals surface area (Å²) in [6.45, 7) is 2.24. The van der Waals surface area contributed by atoms with Gasteiger partial charge >= 0.3 is 0 Å². The van der Waals surface area contributed by atoms with Crippen molar-refractivity contribution in [2.45, 2.75) is 6.92 Å². The summed E-state index contributed by atoms with van der Waals surface area (Å²) in [4.78, 5) is 8.35. The first-order valence-electron chi connectivity index (χ1n) is 7.82. The van der Waals surface area contributed by atoms with Gasteiger partial charge in [0.1, 0.15) is 17.5 Å². The lowest BCUT2D eigenvalue weighted by molar-refractivity contribution is 0.326. The third-order valence-electron chi connectivity index (χ3n) is 3.58. The predicted octanol–water partition coefficient (Wildman–Crippen LogP) is 3.74. The number of nitrogen functional groups attached to an aromatic ring is 1. The van der Waals surface area contributed by atoms with E-state index in [2.05, 4.69) is 15.3 Å². The highest BCUT2D eigenvalue weighted by molar-refractivity contribution is 5.70. The number of hydrogen-bond acceptors (Lipinski definition) is 6. The molecule has 3 N–H and O–H groups in total. The molecule has 0 spiro atoms. The van der Waals surface area contributed by atoms with Gasteiger partial charge in [-0.15, -0.1) is 0 Å². The molecule has 0 unspecified atom stereocenters. The molecule has 0 saturated heterocycles. The van der Waals surface area contributed by atoms with Crippen LogP contribution in [0, 0.1) is 11.3 Å². The normalized spacial score (nSPS) is 10.1. The number of pyridine rings is 2. The molecule has 3 rings (SSSR count). The molecule has 124 valence electrons. The maximum atomic E-state index is 9.17. The van der Waals surface area contributed by atoms with Crippen LogP contribution in [-0.2, 0) is 0 Å². The van der Waals surface area contributed by atoms with E-state index in [9.17, 15) is 5.26 Å². The van der Waals surface area contributed by atoms with Crippen LogP contribution in [0.5, 0.6) is 5.88 Å². The maximum absolute atomic E-state index is 9.17. The summed E-state index contributed by atoms with van der Waals surface area (Å²) < 4.78 is 5.40. The van der Waals surface area contributed by atoms with Crippen molar-refractivity contribution in [2.24, 2.45) is 0 Å². The van der Waals surface area contributed by atoms with Crippen molar-refractivity contribution in [1.29, 1.82) is 5.26 Å². The first-order valence-corrected chi connectivity index (χ1v) is 7.82. The highest BCUT2D eigenvalue weighted by atomic mass is 16.5. The van der Waals surface area contributed by atoms with Crippen molar-refractivity contribution in [1.82, 2.24) is 9.97 Å². The van der Waals surface area contributed by atoms with Crippen molar-refractivity contribution in [3.8, 4) is 23.1 Å². The van der Waals surface area contributed by atoms with Gasteiger partial charge < -0.3 is 15.8 Å². The van der Waals surface area contributed by atoms with E-state index in [-0.39, 0.29) is 11.4 Å². The van der Waals surface area contributed by atoms with Gasteiger partial charge in [-0.25, -0.2) is 0 Å². The molecule has 0 aliphatic rings. The Morgan fingerprint density at radius 2 is 1.80 bits per heavy atom. The number of nitrogens with zero attached hydrogens (tertiary/aromatic N) is 3. The second-order valence-electron chi connectivity index (χ2n) is 5.26. The minimum atomic E-state index is 0.237. The molecule has 0 fully saturated rings. The van der Waals surface area contributed by atoms with Crippen LogP contribution < -0.4 is 15.8 Å². The lowest BCUT2D eigenvalue weighted by Gasteiger charge is -2.11. The molecule has 6 heteroatoms. The van der Waals surface area contributed by atoms with Crippen LogP contribution >= 0.6 is 0 Å². The molecular weight excluding hydrogens is 314 g/mol. The van der Waals surface area contributed by atoms with Gasteiger partial charge in [-0.2, -0.15) is 10.2 Å². The van der Waals surface area contributed by atoms with Crippen LogP contribution in [0.2, 0.25) is 0 Å². The predicted molar refractivity (Wildman–Crippen MR) is 97.5 cm³/mol. The Morgan fingerprint density at radius 1 is 1.12 bits per heavy atom. The van der Waals surface area contributed by atoms with E-state index in [1.165, 1.54) is 0 Å². The van der Waals surface area contributed by atoms with Crippen LogP contribution in [-0.4, -0.2) is 16.6 Å². The summed E-state index contributed by atoms with van der Waals surface area (Å²) in [6.07, 6.45) is 3.53. The lowest BCUT2D eigenvalue weighted by Crippen LogP contribution is -2.04. The monoisotopic (exact) mass is 331 g/mol. The largest absolute Gasteiger partial charge is 0.477 e. The van der Waals surface area contributed by atoms with Gasteiger partial charge in [0.05, 0.1) is 12.3 Å². The van der Waals surface area contributed by atoms with Crippen LogP contribution in [0.25, 0.3) is 11.1 Å². The number of nitriles is 1. The number of aromatic nitrogens is 2. The van der Waals surface area contributed by atoms with Crippen molar-refractivity contribution < 1.29 is 4.74 Å². The molecule has 0 atom stereocenters. The highest BCUT2D eigenvalue weighted by Gasteiger charge is 2.12. The summed E-state index contributed by atoms with van der Waals surface area (Å²) in [6, 6.07) is 15.5. The molecule has 3 aromatic rings. The molecule has 0 amide bonds. The minimum Gasteiger partial charge on any atom is -0.477 e. The smallest absolute Gasteiger partial charge is 0.235 e. The average molecular weight is 331 g/mol. The molecule has 0 aliphatic carbocycles. The van der Waals surface area contributed by atoms with Gasteiger partial charge in [-0.3, -0.25) is 4.98 Å². The number of anilines is 3. The van der Waals surface area contributed by atoms with Crippen molar-refractivity contribution in [3.05, 3.63) is 60.4 Å². The van der Waals surface area contributed by atoms with Crippen molar-refractivity contribution >= 4 is 17.2 Å². The highest BCUT2D eigenvalue weighted by Crippen LogP contribution is 2.28. The van der Waals surface area contributed by atoms with E-state index in [1.807, 2.05) is 49.4 Å². The van der Waals surface area contributed by atoms with E-state index >= 15 is 0 Å². The van der Waals surface area contributed by atoms with Crippen molar-refractivity contribution in [2.75, 3.05) is 17.7 Å². The van der Waals surface area contributed by atoms with E-state index in [1.54, 1.807) is 18.5 Å². The number of rotatable bonds is 5. The van der Waals surface area contributed by atoms with E-state index in [4.69, 9.17) is 10.5 Å². The first-order chi connectivity index (χ1) is 12.2. The minimum absolute atomic E-state index is 0.237. The van der Waals surface area contributed by atoms with Gasteiger partial charge in [0, 0.05) is 24.1 Å². The zero-order chi connectivity index (χ0) is 17.6. The molecule has 0 radical (unpaired) electrons. The average Bonchev–Trinajstić information content (AvgIpc) is 2.63. The van der Waals surface area contributed by atoms with E-state index in [0.29, 0.717) is 18.1 Å². The number of ether oxygens (including phenoxy) is 1. The van der Waals surface area contributed by atoms with Gasteiger partial charge in [0.15, 0.2) is 0 Å². The van der Waals surface area contributed by atoms with Gasteiger partial charge in [0.2, 0.25) is 5.88 Å². The molecule has 0 aliphatic heterocycles. The third kappa shape index (κ3) is 3.67. The number of nitrogens with one attached hydrogen (secondary N) is 1. The third-order valence-corrected chi connectivity index (χ3v) is 3.58. The Bertz CT molecular complexity index is 902. The SMILES string of the molecule is CCOc1nc(Nc2ccc(-c3ccncc3)cc2)cc(N)c1C#N. The Kier molecular flexibility index (Phi) is 4.77. The fourth-order valence-corrected chi connectivity index (χ4v) is 2.40. The second kappa shape index (κ2) is 7.32. The topological polar surface area (TPSA) is 96.8 Å². The Hall–Kier alpha value is -3.59. The summed E-state index contributed by atoms with van der Waals surface area (Å²) in [5.41, 5.74) is 9.56. The summed E-state index contributed by atoms with van der Waals surface area (Å²) in [7, 11) is 0. The fraction of sp³-hybridized carbons (Fsp3) is 0.105. The van der Waals surface area contributed by atoms with Crippen LogP contribution in [0.15, 0.2) is 54.9 Å². The molecule has 0 bridgehead atoms. The lowest BCUT2D eigenvalue weighted by atomic mass is 10.1. The van der Waals surface area contributed by atoms with Gasteiger partial charge in [-0.05, 0) is 42.3 Å². The standard InChI is InChI=1S/C19H17N5O/c1-2-25-19-16(12-20)17(21)11-18(24-19)23-15-5-3-13(4-6-15)14-7-9-22-10-8-14/h3-11H,2H2,1H3,(H3,21,23,24). The summed E-state index contributed by atoms with van der Waals surface area (Å²) in [5, 5.41) is 12.4. The van der Waals surface area contributed by atoms with Gasteiger partial charge in [0.25, 0.3) is 0 Å². The molecule has 1 aromatic carbocycles. The Morgan fingerprint density at radius 3 is 2.44 bits per heavy atom. The van der Waals surface area contributed by atoms with E-state index < -0.39 is 0 Å². The van der Waals surface area contributed by atoms with Crippen molar-refractivity contribution in [3.63, 3.8) is 0 Å². The van der Waals surface area contributed by atoms with Crippen LogP contribution in [0.1, 0.15) is 12.5 Å². The first kappa shape index (κ1) is 16.3. The molecule has 2 heterocycles. The van der Waals surface area contributed by atoms with E-state index in [0.717, 1.165) is 16.8 Å². The molecule has 6 nitrogen and oxygen atoms in total. The Labute approximate surface area is 145 Å². The fourth-order valence-electron chi connectivity index (χ4n) is 2.40. The Balaban J connectivity index is 1.84. The zero-order valence-electron chi connectivity index (χ0n) is 13.7. The number of benzene rings is 1. The maximum Gasteiger partial charge on any atom is 0.235 e. The zero-order valence-corrected chi connectivity index (χ0v) is 13.7.